The average molecular weight is 533 g/mol. The molecule has 196 valence electrons. The number of halogens is 1. The van der Waals surface area contributed by atoms with E-state index in [4.69, 9.17) is 26.3 Å². The van der Waals surface area contributed by atoms with E-state index in [2.05, 4.69) is 16.0 Å². The Labute approximate surface area is 227 Å². The van der Waals surface area contributed by atoms with Crippen LogP contribution in [0.3, 0.4) is 0 Å². The number of fused-ring (bicyclic) bond motifs is 1. The molecule has 0 radical (unpaired) electrons. The van der Waals surface area contributed by atoms with Gasteiger partial charge in [-0.05, 0) is 48.0 Å². The summed E-state index contributed by atoms with van der Waals surface area (Å²) in [5, 5.41) is 9.46. The number of rotatable bonds is 5. The number of carbonyl (C=O) groups excluding carboxylic acids is 2. The molecule has 2 aliphatic rings. The summed E-state index contributed by atoms with van der Waals surface area (Å²) in [4.78, 5) is 34.0. The molecule has 0 spiro atoms. The number of nitrogens with zero attached hydrogens (tertiary/aromatic N) is 4. The van der Waals surface area contributed by atoms with Crippen LogP contribution in [0.1, 0.15) is 63.5 Å². The minimum Gasteiger partial charge on any atom is -0.451 e. The van der Waals surface area contributed by atoms with Crippen molar-refractivity contribution in [2.24, 2.45) is 0 Å². The number of hydrogen-bond donors (Lipinski definition) is 0. The van der Waals surface area contributed by atoms with Gasteiger partial charge in [-0.25, -0.2) is 9.78 Å². The molecule has 1 saturated heterocycles. The van der Waals surface area contributed by atoms with Gasteiger partial charge in [0.2, 0.25) is 0 Å². The van der Waals surface area contributed by atoms with E-state index < -0.39 is 18.2 Å². The highest BCUT2D eigenvalue weighted by molar-refractivity contribution is 6.30. The number of benzene rings is 2. The van der Waals surface area contributed by atoms with E-state index >= 15 is 0 Å². The van der Waals surface area contributed by atoms with Crippen LogP contribution in [0.15, 0.2) is 60.8 Å². The summed E-state index contributed by atoms with van der Waals surface area (Å²) in [5.74, 6) is 0.291. The lowest BCUT2D eigenvalue weighted by molar-refractivity contribution is -0.0296. The third kappa shape index (κ3) is 5.49. The maximum Gasteiger partial charge on any atom is 0.339 e. The van der Waals surface area contributed by atoms with Crippen LogP contribution in [0.2, 0.25) is 5.02 Å². The second-order valence-corrected chi connectivity index (χ2v) is 9.07. The number of piperazine rings is 1. The van der Waals surface area contributed by atoms with E-state index in [9.17, 15) is 9.59 Å². The molecule has 0 aliphatic carbocycles. The summed E-state index contributed by atoms with van der Waals surface area (Å²) in [6, 6.07) is 17.9. The number of pyridine rings is 1. The molecule has 1 aromatic heterocycles. The summed E-state index contributed by atoms with van der Waals surface area (Å²) >= 11 is 6.17. The van der Waals surface area contributed by atoms with E-state index in [0.29, 0.717) is 53.5 Å². The van der Waals surface area contributed by atoms with Crippen molar-refractivity contribution in [3.8, 4) is 6.07 Å². The molecule has 2 aliphatic heterocycles. The first kappa shape index (κ1) is 27.1. The molecule has 38 heavy (non-hydrogen) atoms. The Morgan fingerprint density at radius 1 is 1.13 bits per heavy atom. The molecule has 1 amide bonds. The van der Waals surface area contributed by atoms with E-state index in [1.165, 1.54) is 0 Å². The van der Waals surface area contributed by atoms with Crippen LogP contribution in [-0.4, -0.2) is 55.0 Å². The Hall–Kier alpha value is -3.93. The zero-order valence-electron chi connectivity index (χ0n) is 21.6. The summed E-state index contributed by atoms with van der Waals surface area (Å²) in [5.41, 5.74) is 2.92. The molecule has 3 heterocycles. The lowest BCUT2D eigenvalue weighted by Crippen LogP contribution is -2.49. The van der Waals surface area contributed by atoms with Gasteiger partial charge in [-0.3, -0.25) is 4.79 Å². The largest absolute Gasteiger partial charge is 0.451 e. The quantitative estimate of drug-likeness (QED) is 0.417. The van der Waals surface area contributed by atoms with Crippen molar-refractivity contribution in [1.29, 1.82) is 5.26 Å². The molecule has 1 fully saturated rings. The molecule has 2 aromatic carbocycles. The van der Waals surface area contributed by atoms with Crippen LogP contribution in [0.4, 0.5) is 5.82 Å². The molecular formula is C29H29ClN4O4. The van der Waals surface area contributed by atoms with Crippen LogP contribution in [-0.2, 0) is 9.47 Å². The predicted molar refractivity (Wildman–Crippen MR) is 144 cm³/mol. The van der Waals surface area contributed by atoms with E-state index in [0.717, 1.165) is 11.4 Å². The molecule has 2 unspecified atom stereocenters. The highest BCUT2D eigenvalue weighted by Crippen LogP contribution is 2.42. The first-order valence-corrected chi connectivity index (χ1v) is 12.9. The number of ether oxygens (including phenoxy) is 2. The highest BCUT2D eigenvalue weighted by atomic mass is 35.5. The Balaban J connectivity index is 0.00000164. The van der Waals surface area contributed by atoms with Gasteiger partial charge in [0.25, 0.3) is 5.91 Å². The lowest BCUT2D eigenvalue weighted by atomic mass is 9.95. The zero-order valence-corrected chi connectivity index (χ0v) is 22.3. The maximum atomic E-state index is 13.3. The van der Waals surface area contributed by atoms with Crippen LogP contribution in [0, 0.1) is 11.3 Å². The van der Waals surface area contributed by atoms with Crippen molar-refractivity contribution < 1.29 is 19.1 Å². The molecule has 3 aromatic rings. The zero-order chi connectivity index (χ0) is 27.2. The fourth-order valence-corrected chi connectivity index (χ4v) is 4.85. The molecule has 5 rings (SSSR count). The summed E-state index contributed by atoms with van der Waals surface area (Å²) in [6.07, 6.45) is 0.296. The Kier molecular flexibility index (Phi) is 8.62. The van der Waals surface area contributed by atoms with Gasteiger partial charge in [0.1, 0.15) is 18.0 Å². The van der Waals surface area contributed by atoms with Crippen molar-refractivity contribution in [2.75, 3.05) is 38.2 Å². The minimum atomic E-state index is -0.662. The van der Waals surface area contributed by atoms with Gasteiger partial charge in [0.15, 0.2) is 6.10 Å². The van der Waals surface area contributed by atoms with Gasteiger partial charge in [0, 0.05) is 55.6 Å². The van der Waals surface area contributed by atoms with Gasteiger partial charge in [-0.2, -0.15) is 5.26 Å². The van der Waals surface area contributed by atoms with Crippen molar-refractivity contribution in [2.45, 2.75) is 26.1 Å². The van der Waals surface area contributed by atoms with Crippen LogP contribution in [0.25, 0.3) is 0 Å². The first-order chi connectivity index (χ1) is 18.5. The molecule has 9 heteroatoms. The average Bonchev–Trinajstić information content (AvgIpc) is 3.29. The fourth-order valence-electron chi connectivity index (χ4n) is 4.67. The molecular weight excluding hydrogens is 504 g/mol. The van der Waals surface area contributed by atoms with Crippen LogP contribution >= 0.6 is 11.6 Å². The third-order valence-electron chi connectivity index (χ3n) is 6.53. The van der Waals surface area contributed by atoms with E-state index in [-0.39, 0.29) is 5.91 Å². The molecule has 8 nitrogen and oxygen atoms in total. The summed E-state index contributed by atoms with van der Waals surface area (Å²) < 4.78 is 11.4. The Bertz CT molecular complexity index is 1350. The smallest absolute Gasteiger partial charge is 0.339 e. The number of esters is 1. The van der Waals surface area contributed by atoms with Crippen LogP contribution < -0.4 is 4.90 Å². The second kappa shape index (κ2) is 12.1. The van der Waals surface area contributed by atoms with Crippen molar-refractivity contribution in [1.82, 2.24) is 9.88 Å². The van der Waals surface area contributed by atoms with Crippen LogP contribution in [0.5, 0.6) is 0 Å². The number of aromatic nitrogens is 1. The standard InChI is InChI=1S/C27H23ClN4O4.C2H6/c1-35-24(25-22-14-20(28)6-7-21(22)27(34)36-25)18-3-2-4-19(13-18)26(33)32-11-9-31(10-12-32)23-8-5-17(15-29)16-30-23;1-2/h2-8,13-14,16,24-25H,9-12H2,1H3;1-2H3. The summed E-state index contributed by atoms with van der Waals surface area (Å²) in [6.45, 7) is 6.37. The van der Waals surface area contributed by atoms with E-state index in [1.54, 1.807) is 55.8 Å². The number of hydrogen-bond acceptors (Lipinski definition) is 7. The SMILES string of the molecule is CC.COC(c1cccc(C(=O)N2CCN(c3ccc(C#N)cn3)CC2)c1)C1OC(=O)c2ccc(Cl)cc21. The second-order valence-electron chi connectivity index (χ2n) is 8.64. The van der Waals surface area contributed by atoms with Crippen molar-refractivity contribution in [3.05, 3.63) is 93.6 Å². The topological polar surface area (TPSA) is 95.8 Å². The van der Waals surface area contributed by atoms with Crippen molar-refractivity contribution >= 4 is 29.3 Å². The molecule has 2 atom stereocenters. The first-order valence-electron chi connectivity index (χ1n) is 12.5. The van der Waals surface area contributed by atoms with Gasteiger partial charge >= 0.3 is 5.97 Å². The van der Waals surface area contributed by atoms with Gasteiger partial charge in [0.05, 0.1) is 11.1 Å². The van der Waals surface area contributed by atoms with Gasteiger partial charge in [-0.1, -0.05) is 37.6 Å². The maximum absolute atomic E-state index is 13.3. The minimum absolute atomic E-state index is 0.0778. The Morgan fingerprint density at radius 3 is 2.55 bits per heavy atom. The highest BCUT2D eigenvalue weighted by Gasteiger charge is 2.38. The van der Waals surface area contributed by atoms with E-state index in [1.807, 2.05) is 30.9 Å². The number of methoxy groups -OCH3 is 1. The normalized spacial score (nSPS) is 17.0. The predicted octanol–water partition coefficient (Wildman–Crippen LogP) is 5.19. The number of carbonyl (C=O) groups is 2. The third-order valence-corrected chi connectivity index (χ3v) is 6.77. The Morgan fingerprint density at radius 2 is 1.89 bits per heavy atom. The van der Waals surface area contributed by atoms with Crippen molar-refractivity contribution in [3.63, 3.8) is 0 Å². The molecule has 0 bridgehead atoms. The number of anilines is 1. The van der Waals surface area contributed by atoms with Gasteiger partial charge < -0.3 is 19.3 Å². The molecule has 0 N–H and O–H groups in total. The lowest BCUT2D eigenvalue weighted by Gasteiger charge is -2.35. The number of nitriles is 1. The number of cyclic esters (lactones) is 1. The van der Waals surface area contributed by atoms with Gasteiger partial charge in [-0.15, -0.1) is 0 Å². The number of amides is 1. The fraction of sp³-hybridized carbons (Fsp3) is 0.310. The molecule has 0 saturated carbocycles. The summed E-state index contributed by atoms with van der Waals surface area (Å²) in [7, 11) is 1.55. The monoisotopic (exact) mass is 532 g/mol.